The minimum atomic E-state index is 0.480. The smallest absolute Gasteiger partial charge is 0.227 e. The van der Waals surface area contributed by atoms with Gasteiger partial charge in [0.25, 0.3) is 0 Å². The highest BCUT2D eigenvalue weighted by atomic mass is 16.5. The minimum Gasteiger partial charge on any atom is -0.494 e. The van der Waals surface area contributed by atoms with Crippen LogP contribution in [0.25, 0.3) is 22.2 Å². The molecule has 32 heavy (non-hydrogen) atoms. The number of fused-ring (bicyclic) bond motifs is 1. The largest absolute Gasteiger partial charge is 0.494 e. The number of anilines is 4. The maximum atomic E-state index is 6.51. The lowest BCUT2D eigenvalue weighted by Crippen LogP contribution is -2.17. The SMILES string of the molecule is CNc1cc(OC)c(Nc2nccc(-c3c[nH]c4ccccc34)n2)c(CCN(C)C)c1N. The highest BCUT2D eigenvalue weighted by molar-refractivity contribution is 5.94. The van der Waals surface area contributed by atoms with E-state index in [9.17, 15) is 0 Å². The van der Waals surface area contributed by atoms with E-state index < -0.39 is 0 Å². The zero-order chi connectivity index (χ0) is 22.7. The Bertz CT molecular complexity index is 1230. The molecule has 0 atom stereocenters. The Balaban J connectivity index is 1.75. The third-order valence-corrected chi connectivity index (χ3v) is 5.49. The van der Waals surface area contributed by atoms with E-state index in [0.717, 1.165) is 52.1 Å². The fourth-order valence-corrected chi connectivity index (χ4v) is 3.79. The monoisotopic (exact) mass is 431 g/mol. The molecule has 8 nitrogen and oxygen atoms in total. The first kappa shape index (κ1) is 21.5. The molecule has 0 aliphatic heterocycles. The lowest BCUT2D eigenvalue weighted by atomic mass is 10.0. The van der Waals surface area contributed by atoms with Gasteiger partial charge in [0.1, 0.15) is 5.75 Å². The maximum Gasteiger partial charge on any atom is 0.227 e. The van der Waals surface area contributed by atoms with Gasteiger partial charge in [-0.1, -0.05) is 18.2 Å². The second-order valence-corrected chi connectivity index (χ2v) is 7.84. The summed E-state index contributed by atoms with van der Waals surface area (Å²) in [6.07, 6.45) is 4.47. The average molecular weight is 432 g/mol. The van der Waals surface area contributed by atoms with Crippen LogP contribution in [0.15, 0.2) is 48.8 Å². The van der Waals surface area contributed by atoms with E-state index >= 15 is 0 Å². The number of aromatic nitrogens is 3. The van der Waals surface area contributed by atoms with E-state index in [1.807, 2.05) is 57.7 Å². The summed E-state index contributed by atoms with van der Waals surface area (Å²) in [4.78, 5) is 14.7. The van der Waals surface area contributed by atoms with Crippen LogP contribution in [0.3, 0.4) is 0 Å². The van der Waals surface area contributed by atoms with Crippen LogP contribution in [-0.2, 0) is 6.42 Å². The summed E-state index contributed by atoms with van der Waals surface area (Å²) < 4.78 is 5.69. The van der Waals surface area contributed by atoms with Crippen LogP contribution in [0.4, 0.5) is 23.0 Å². The van der Waals surface area contributed by atoms with Gasteiger partial charge >= 0.3 is 0 Å². The number of nitrogens with one attached hydrogen (secondary N) is 3. The Morgan fingerprint density at radius 3 is 2.75 bits per heavy atom. The lowest BCUT2D eigenvalue weighted by molar-refractivity contribution is 0.409. The van der Waals surface area contributed by atoms with Gasteiger partial charge in [-0.05, 0) is 32.6 Å². The number of hydrogen-bond acceptors (Lipinski definition) is 7. The Morgan fingerprint density at radius 2 is 2.00 bits per heavy atom. The third-order valence-electron chi connectivity index (χ3n) is 5.49. The fourth-order valence-electron chi connectivity index (χ4n) is 3.79. The predicted molar refractivity (Wildman–Crippen MR) is 132 cm³/mol. The van der Waals surface area contributed by atoms with Crippen LogP contribution in [0.1, 0.15) is 5.56 Å². The summed E-state index contributed by atoms with van der Waals surface area (Å²) in [5.74, 6) is 1.16. The average Bonchev–Trinajstić information content (AvgIpc) is 3.23. The highest BCUT2D eigenvalue weighted by Crippen LogP contribution is 2.40. The zero-order valence-electron chi connectivity index (χ0n) is 18.9. The Kier molecular flexibility index (Phi) is 6.13. The van der Waals surface area contributed by atoms with Crippen LogP contribution in [0, 0.1) is 0 Å². The second kappa shape index (κ2) is 9.15. The van der Waals surface area contributed by atoms with Crippen LogP contribution < -0.4 is 21.1 Å². The summed E-state index contributed by atoms with van der Waals surface area (Å²) in [5.41, 5.74) is 12.7. The number of likely N-dealkylation sites (N-methyl/N-ethyl adjacent to an activating group) is 1. The Morgan fingerprint density at radius 1 is 1.19 bits per heavy atom. The quantitative estimate of drug-likeness (QED) is 0.311. The number of rotatable bonds is 8. The van der Waals surface area contributed by atoms with Gasteiger partial charge in [-0.3, -0.25) is 0 Å². The number of hydrogen-bond donors (Lipinski definition) is 4. The van der Waals surface area contributed by atoms with Gasteiger partial charge in [0, 0.05) is 54.1 Å². The molecule has 4 aromatic rings. The van der Waals surface area contributed by atoms with Crippen molar-refractivity contribution in [1.82, 2.24) is 19.9 Å². The molecule has 0 amide bonds. The van der Waals surface area contributed by atoms with Crippen molar-refractivity contribution in [1.29, 1.82) is 0 Å². The molecule has 2 aromatic carbocycles. The molecular weight excluding hydrogens is 402 g/mol. The molecule has 2 aromatic heterocycles. The third kappa shape index (κ3) is 4.17. The summed E-state index contributed by atoms with van der Waals surface area (Å²) >= 11 is 0. The number of aromatic amines is 1. The highest BCUT2D eigenvalue weighted by Gasteiger charge is 2.18. The molecule has 0 aliphatic carbocycles. The molecule has 0 unspecified atom stereocenters. The first-order valence-electron chi connectivity index (χ1n) is 10.5. The molecule has 0 fully saturated rings. The van der Waals surface area contributed by atoms with Crippen molar-refractivity contribution in [3.8, 4) is 17.0 Å². The lowest BCUT2D eigenvalue weighted by Gasteiger charge is -2.21. The van der Waals surface area contributed by atoms with Gasteiger partial charge in [-0.25, -0.2) is 9.97 Å². The molecule has 2 heterocycles. The number of para-hydroxylation sites is 1. The Labute approximate surface area is 187 Å². The second-order valence-electron chi connectivity index (χ2n) is 7.84. The molecule has 0 radical (unpaired) electrons. The van der Waals surface area contributed by atoms with Crippen molar-refractivity contribution in [2.24, 2.45) is 0 Å². The molecule has 166 valence electrons. The summed E-state index contributed by atoms with van der Waals surface area (Å²) in [5, 5.41) is 7.64. The number of nitrogen functional groups attached to an aromatic ring is 1. The summed E-state index contributed by atoms with van der Waals surface area (Å²) in [7, 11) is 7.57. The van der Waals surface area contributed by atoms with Crippen molar-refractivity contribution in [2.75, 3.05) is 51.2 Å². The molecular formula is C24H29N7O. The molecule has 0 aliphatic rings. The standard InChI is InChI=1S/C24H29N7O/c1-26-20-13-21(32-4)23(16(22(20)25)10-12-31(2)3)30-24-27-11-9-19(29-24)17-14-28-18-8-6-5-7-15(17)18/h5-9,11,13-14,26,28H,10,12,25H2,1-4H3,(H,27,29,30). The first-order valence-corrected chi connectivity index (χ1v) is 10.5. The molecule has 4 rings (SSSR count). The van der Waals surface area contributed by atoms with Crippen molar-refractivity contribution in [3.05, 3.63) is 54.4 Å². The predicted octanol–water partition coefficient (Wildman–Crippen LogP) is 4.11. The number of H-pyrrole nitrogens is 1. The summed E-state index contributed by atoms with van der Waals surface area (Å²) in [6.45, 7) is 0.839. The number of nitrogens with two attached hydrogens (primary N) is 1. The number of ether oxygens (including phenoxy) is 1. The molecule has 5 N–H and O–H groups in total. The van der Waals surface area contributed by atoms with Crippen LogP contribution in [0.2, 0.25) is 0 Å². The van der Waals surface area contributed by atoms with E-state index in [2.05, 4.69) is 31.6 Å². The van der Waals surface area contributed by atoms with E-state index in [1.54, 1.807) is 13.3 Å². The van der Waals surface area contributed by atoms with Crippen LogP contribution in [0.5, 0.6) is 5.75 Å². The van der Waals surface area contributed by atoms with E-state index in [4.69, 9.17) is 15.5 Å². The normalized spacial score (nSPS) is 11.2. The van der Waals surface area contributed by atoms with Crippen molar-refractivity contribution in [3.63, 3.8) is 0 Å². The van der Waals surface area contributed by atoms with Crippen molar-refractivity contribution < 1.29 is 4.74 Å². The van der Waals surface area contributed by atoms with E-state index in [-0.39, 0.29) is 0 Å². The number of benzene rings is 2. The number of nitrogens with zero attached hydrogens (tertiary/aromatic N) is 3. The van der Waals surface area contributed by atoms with Crippen LogP contribution >= 0.6 is 0 Å². The van der Waals surface area contributed by atoms with Gasteiger partial charge in [0.05, 0.1) is 29.9 Å². The van der Waals surface area contributed by atoms with Crippen molar-refractivity contribution >= 4 is 33.9 Å². The minimum absolute atomic E-state index is 0.480. The topological polar surface area (TPSA) is 104 Å². The van der Waals surface area contributed by atoms with Gasteiger partial charge in [-0.15, -0.1) is 0 Å². The molecule has 0 bridgehead atoms. The first-order chi connectivity index (χ1) is 15.5. The molecule has 0 saturated heterocycles. The van der Waals surface area contributed by atoms with Gasteiger partial charge < -0.3 is 31.0 Å². The fraction of sp³-hybridized carbons (Fsp3) is 0.250. The molecule has 0 spiro atoms. The molecule has 0 saturated carbocycles. The van der Waals surface area contributed by atoms with Crippen LogP contribution in [-0.4, -0.2) is 54.6 Å². The van der Waals surface area contributed by atoms with Crippen molar-refractivity contribution in [2.45, 2.75) is 6.42 Å². The van der Waals surface area contributed by atoms with Gasteiger partial charge in [-0.2, -0.15) is 0 Å². The van der Waals surface area contributed by atoms with E-state index in [1.165, 1.54) is 0 Å². The van der Waals surface area contributed by atoms with E-state index in [0.29, 0.717) is 17.4 Å². The number of methoxy groups -OCH3 is 1. The summed E-state index contributed by atoms with van der Waals surface area (Å²) in [6, 6.07) is 12.0. The maximum absolute atomic E-state index is 6.51. The Hall–Kier alpha value is -3.78. The molecule has 8 heteroatoms. The van der Waals surface area contributed by atoms with Gasteiger partial charge in [0.2, 0.25) is 5.95 Å². The zero-order valence-corrected chi connectivity index (χ0v) is 18.9. The van der Waals surface area contributed by atoms with Gasteiger partial charge in [0.15, 0.2) is 0 Å².